The van der Waals surface area contributed by atoms with Crippen LogP contribution in [0, 0.1) is 0 Å². The molecule has 0 saturated carbocycles. The third-order valence-corrected chi connectivity index (χ3v) is 0.236. The van der Waals surface area contributed by atoms with Gasteiger partial charge in [-0.1, -0.05) is 0 Å². The average Bonchev–Trinajstić information content (AvgIpc) is 1.41. The van der Waals surface area contributed by atoms with Crippen LogP contribution in [0.5, 0.6) is 0 Å². The van der Waals surface area contributed by atoms with E-state index in [1.54, 1.807) is 14.2 Å². The molecule has 2 nitrogen and oxygen atoms in total. The molecular formula is C3H9NaO2. The van der Waals surface area contributed by atoms with E-state index in [2.05, 4.69) is 9.47 Å². The fourth-order valence-corrected chi connectivity index (χ4v) is 0.118. The van der Waals surface area contributed by atoms with Gasteiger partial charge in [-0.3, -0.25) is 0 Å². The van der Waals surface area contributed by atoms with Gasteiger partial charge in [-0.05, 0) is 0 Å². The van der Waals surface area contributed by atoms with Crippen LogP contribution in [-0.2, 0) is 9.47 Å². The van der Waals surface area contributed by atoms with Crippen LogP contribution in [0.25, 0.3) is 0 Å². The normalized spacial score (nSPS) is 7.00. The van der Waals surface area contributed by atoms with Crippen molar-refractivity contribution >= 4 is 29.6 Å². The van der Waals surface area contributed by atoms with Crippen LogP contribution < -0.4 is 0 Å². The summed E-state index contributed by atoms with van der Waals surface area (Å²) in [6.07, 6.45) is 0. The summed E-state index contributed by atoms with van der Waals surface area (Å²) in [4.78, 5) is 0. The summed E-state index contributed by atoms with van der Waals surface area (Å²) in [6, 6.07) is 0. The fraction of sp³-hybridized carbons (Fsp3) is 1.00. The molecule has 6 heavy (non-hydrogen) atoms. The number of ether oxygens (including phenoxy) is 2. The average molecular weight is 100 g/mol. The van der Waals surface area contributed by atoms with Crippen LogP contribution in [0.3, 0.4) is 0 Å². The maximum absolute atomic E-state index is 4.47. The third kappa shape index (κ3) is 8.87. The van der Waals surface area contributed by atoms with Gasteiger partial charge in [-0.2, -0.15) is 0 Å². The van der Waals surface area contributed by atoms with E-state index in [4.69, 9.17) is 0 Å². The third-order valence-electron chi connectivity index (χ3n) is 0.236. The number of hydrogen-bond acceptors (Lipinski definition) is 2. The van der Waals surface area contributed by atoms with E-state index in [-0.39, 0.29) is 29.6 Å². The Morgan fingerprint density at radius 1 is 1.17 bits per heavy atom. The zero-order valence-electron chi connectivity index (χ0n) is 3.52. The van der Waals surface area contributed by atoms with Crippen molar-refractivity contribution < 1.29 is 9.47 Å². The molecule has 34 valence electrons. The van der Waals surface area contributed by atoms with Crippen molar-refractivity contribution in [2.24, 2.45) is 0 Å². The van der Waals surface area contributed by atoms with E-state index in [1.165, 1.54) is 0 Å². The van der Waals surface area contributed by atoms with Crippen LogP contribution >= 0.6 is 0 Å². The van der Waals surface area contributed by atoms with Gasteiger partial charge in [0, 0.05) is 14.2 Å². The molecule has 0 aromatic carbocycles. The van der Waals surface area contributed by atoms with E-state index in [0.29, 0.717) is 6.79 Å². The molecule has 0 saturated heterocycles. The van der Waals surface area contributed by atoms with E-state index in [9.17, 15) is 0 Å². The molecule has 0 radical (unpaired) electrons. The van der Waals surface area contributed by atoms with Crippen molar-refractivity contribution in [1.82, 2.24) is 0 Å². The summed E-state index contributed by atoms with van der Waals surface area (Å²) in [6.45, 7) is 0.389. The first-order valence-corrected chi connectivity index (χ1v) is 1.39. The van der Waals surface area contributed by atoms with Gasteiger partial charge in [0.05, 0.1) is 0 Å². The standard InChI is InChI=1S/C3H8O2.Na.H/c1-4-3-5-2;;/h3H2,1-2H3;;. The van der Waals surface area contributed by atoms with Crippen LogP contribution in [0.15, 0.2) is 0 Å². The summed E-state index contributed by atoms with van der Waals surface area (Å²) < 4.78 is 8.94. The molecule has 3 heteroatoms. The number of hydrogen-bond donors (Lipinski definition) is 0. The molecule has 0 aromatic heterocycles. The molecule has 0 atom stereocenters. The molecule has 0 heterocycles. The van der Waals surface area contributed by atoms with Crippen LogP contribution in [-0.4, -0.2) is 50.6 Å². The van der Waals surface area contributed by atoms with Crippen LogP contribution in [0.4, 0.5) is 0 Å². The van der Waals surface area contributed by atoms with Crippen molar-refractivity contribution in [3.8, 4) is 0 Å². The zero-order chi connectivity index (χ0) is 4.12. The molecule has 0 amide bonds. The van der Waals surface area contributed by atoms with Crippen LogP contribution in [0.1, 0.15) is 0 Å². The van der Waals surface area contributed by atoms with Gasteiger partial charge in [-0.25, -0.2) is 0 Å². The van der Waals surface area contributed by atoms with Gasteiger partial charge in [0.2, 0.25) is 0 Å². The Kier molecular flexibility index (Phi) is 15.6. The minimum absolute atomic E-state index is 0. The Bertz CT molecular complexity index is 16.3. The van der Waals surface area contributed by atoms with Gasteiger partial charge in [0.15, 0.2) is 0 Å². The van der Waals surface area contributed by atoms with E-state index < -0.39 is 0 Å². The molecule has 0 aromatic rings. The summed E-state index contributed by atoms with van der Waals surface area (Å²) in [5.41, 5.74) is 0. The first-order chi connectivity index (χ1) is 2.41. The van der Waals surface area contributed by atoms with E-state index >= 15 is 0 Å². The van der Waals surface area contributed by atoms with E-state index in [0.717, 1.165) is 0 Å². The summed E-state index contributed by atoms with van der Waals surface area (Å²) in [5, 5.41) is 0. The first kappa shape index (κ1) is 10.0. The first-order valence-electron chi connectivity index (χ1n) is 1.39. The molecule has 0 unspecified atom stereocenters. The van der Waals surface area contributed by atoms with Crippen molar-refractivity contribution in [1.29, 1.82) is 0 Å². The fourth-order valence-electron chi connectivity index (χ4n) is 0.118. The van der Waals surface area contributed by atoms with Gasteiger partial charge >= 0.3 is 29.6 Å². The second-order valence-electron chi connectivity index (χ2n) is 0.695. The number of rotatable bonds is 2. The van der Waals surface area contributed by atoms with Crippen molar-refractivity contribution in [3.63, 3.8) is 0 Å². The van der Waals surface area contributed by atoms with Gasteiger partial charge in [-0.15, -0.1) is 0 Å². The molecule has 0 bridgehead atoms. The van der Waals surface area contributed by atoms with Gasteiger partial charge in [0.25, 0.3) is 0 Å². The quantitative estimate of drug-likeness (QED) is 0.347. The Morgan fingerprint density at radius 3 is 1.50 bits per heavy atom. The van der Waals surface area contributed by atoms with E-state index in [1.807, 2.05) is 0 Å². The Labute approximate surface area is 60.1 Å². The molecule has 0 aliphatic carbocycles. The molecule has 0 N–H and O–H groups in total. The summed E-state index contributed by atoms with van der Waals surface area (Å²) >= 11 is 0. The van der Waals surface area contributed by atoms with Crippen molar-refractivity contribution in [3.05, 3.63) is 0 Å². The second kappa shape index (κ2) is 9.33. The van der Waals surface area contributed by atoms with Gasteiger partial charge < -0.3 is 9.47 Å². The molecule has 0 spiro atoms. The minimum atomic E-state index is 0. The molecule has 0 fully saturated rings. The number of methoxy groups -OCH3 is 2. The predicted molar refractivity (Wildman–Crippen MR) is 26.0 cm³/mol. The van der Waals surface area contributed by atoms with Crippen molar-refractivity contribution in [2.75, 3.05) is 21.0 Å². The SMILES string of the molecule is COCOC.[NaH]. The van der Waals surface area contributed by atoms with Crippen LogP contribution in [0.2, 0.25) is 0 Å². The second-order valence-corrected chi connectivity index (χ2v) is 0.695. The Hall–Kier alpha value is 0.920. The maximum atomic E-state index is 4.47. The molecular weight excluding hydrogens is 91.0 g/mol. The Morgan fingerprint density at radius 2 is 1.50 bits per heavy atom. The molecule has 0 aliphatic heterocycles. The molecule has 0 rings (SSSR count). The summed E-state index contributed by atoms with van der Waals surface area (Å²) in [5.74, 6) is 0. The zero-order valence-corrected chi connectivity index (χ0v) is 3.52. The topological polar surface area (TPSA) is 18.5 Å². The van der Waals surface area contributed by atoms with Crippen molar-refractivity contribution in [2.45, 2.75) is 0 Å². The molecule has 0 aliphatic rings. The summed E-state index contributed by atoms with van der Waals surface area (Å²) in [7, 11) is 3.17. The Balaban J connectivity index is 0. The monoisotopic (exact) mass is 100 g/mol. The predicted octanol–water partition coefficient (Wildman–Crippen LogP) is -0.412. The van der Waals surface area contributed by atoms with Gasteiger partial charge in [0.1, 0.15) is 6.79 Å².